The Morgan fingerprint density at radius 3 is 2.27 bits per heavy atom. The lowest BCUT2D eigenvalue weighted by Gasteiger charge is -2.35. The number of aliphatic carboxylic acids is 1. The highest BCUT2D eigenvalue weighted by Gasteiger charge is 2.50. The zero-order chi connectivity index (χ0) is 16.8. The maximum atomic E-state index is 11.9. The van der Waals surface area contributed by atoms with Gasteiger partial charge in [-0.25, -0.2) is 0 Å². The molecule has 3 N–H and O–H groups in total. The van der Waals surface area contributed by atoms with Crippen molar-refractivity contribution in [2.24, 2.45) is 17.6 Å². The SMILES string of the molecule is CO[C@@](OCc1ccccc1)(C(N)=O)[C@H](CC(C)C)C(=O)O. The van der Waals surface area contributed by atoms with Crippen molar-refractivity contribution < 1.29 is 24.2 Å². The molecule has 0 saturated heterocycles. The van der Waals surface area contributed by atoms with Gasteiger partial charge in [-0.3, -0.25) is 9.59 Å². The van der Waals surface area contributed by atoms with Gasteiger partial charge in [0.25, 0.3) is 11.7 Å². The molecular weight excluding hydrogens is 286 g/mol. The average Bonchev–Trinajstić information content (AvgIpc) is 2.47. The minimum absolute atomic E-state index is 0.0273. The summed E-state index contributed by atoms with van der Waals surface area (Å²) in [7, 11) is 1.23. The number of primary amides is 1. The van der Waals surface area contributed by atoms with Crippen LogP contribution in [-0.2, 0) is 25.7 Å². The van der Waals surface area contributed by atoms with E-state index in [1.807, 2.05) is 32.0 Å². The highest BCUT2D eigenvalue weighted by Crippen LogP contribution is 2.30. The van der Waals surface area contributed by atoms with Gasteiger partial charge in [-0.05, 0) is 17.9 Å². The van der Waals surface area contributed by atoms with Gasteiger partial charge < -0.3 is 20.3 Å². The lowest BCUT2D eigenvalue weighted by atomic mass is 9.88. The fourth-order valence-electron chi connectivity index (χ4n) is 2.30. The van der Waals surface area contributed by atoms with Gasteiger partial charge in [-0.15, -0.1) is 0 Å². The van der Waals surface area contributed by atoms with Crippen LogP contribution < -0.4 is 5.73 Å². The van der Waals surface area contributed by atoms with E-state index in [0.29, 0.717) is 0 Å². The molecule has 1 amide bonds. The van der Waals surface area contributed by atoms with Gasteiger partial charge in [-0.1, -0.05) is 44.2 Å². The van der Waals surface area contributed by atoms with Crippen molar-refractivity contribution in [2.75, 3.05) is 7.11 Å². The lowest BCUT2D eigenvalue weighted by Crippen LogP contribution is -2.56. The van der Waals surface area contributed by atoms with Crippen LogP contribution >= 0.6 is 0 Å². The van der Waals surface area contributed by atoms with Crippen LogP contribution in [0.3, 0.4) is 0 Å². The molecule has 2 atom stereocenters. The number of hydrogen-bond acceptors (Lipinski definition) is 4. The largest absolute Gasteiger partial charge is 0.481 e. The number of hydrogen-bond donors (Lipinski definition) is 2. The molecule has 0 aromatic heterocycles. The minimum atomic E-state index is -1.99. The quantitative estimate of drug-likeness (QED) is 0.677. The Morgan fingerprint density at radius 2 is 1.86 bits per heavy atom. The van der Waals surface area contributed by atoms with E-state index in [4.69, 9.17) is 15.2 Å². The fraction of sp³-hybridized carbons (Fsp3) is 0.500. The lowest BCUT2D eigenvalue weighted by molar-refractivity contribution is -0.249. The second-order valence-electron chi connectivity index (χ2n) is 5.53. The number of carbonyl (C=O) groups excluding carboxylic acids is 1. The Morgan fingerprint density at radius 1 is 1.27 bits per heavy atom. The molecule has 6 nitrogen and oxygen atoms in total. The summed E-state index contributed by atoms with van der Waals surface area (Å²) in [5, 5.41) is 9.47. The van der Waals surface area contributed by atoms with Crippen LogP contribution in [-0.4, -0.2) is 29.9 Å². The molecule has 6 heteroatoms. The summed E-state index contributed by atoms with van der Waals surface area (Å²) >= 11 is 0. The number of rotatable bonds is 9. The molecule has 0 bridgehead atoms. The Balaban J connectivity index is 3.06. The normalized spacial score (nSPS) is 15.3. The highest BCUT2D eigenvalue weighted by atomic mass is 16.7. The molecule has 0 radical (unpaired) electrons. The standard InChI is InChI=1S/C16H23NO5/c1-11(2)9-13(14(18)19)16(21-3,15(17)20)22-10-12-7-5-4-6-8-12/h4-8,11,13H,9-10H2,1-3H3,(H2,17,20)(H,18,19)/t13-,16+/m1/s1. The highest BCUT2D eigenvalue weighted by molar-refractivity contribution is 5.88. The van der Waals surface area contributed by atoms with Gasteiger partial charge in [0.2, 0.25) is 0 Å². The molecule has 0 aliphatic heterocycles. The van der Waals surface area contributed by atoms with Gasteiger partial charge in [0, 0.05) is 7.11 Å². The molecule has 0 heterocycles. The van der Waals surface area contributed by atoms with Crippen LogP contribution in [0.2, 0.25) is 0 Å². The third kappa shape index (κ3) is 4.29. The van der Waals surface area contributed by atoms with Crippen molar-refractivity contribution in [3.05, 3.63) is 35.9 Å². The topological polar surface area (TPSA) is 98.9 Å². The summed E-state index contributed by atoms with van der Waals surface area (Å²) in [5.74, 6) is -5.26. The molecule has 0 unspecified atom stereocenters. The number of nitrogens with two attached hydrogens (primary N) is 1. The van der Waals surface area contributed by atoms with E-state index in [9.17, 15) is 14.7 Å². The van der Waals surface area contributed by atoms with Gasteiger partial charge in [-0.2, -0.15) is 0 Å². The summed E-state index contributed by atoms with van der Waals surface area (Å²) in [6.45, 7) is 3.74. The van der Waals surface area contributed by atoms with Crippen molar-refractivity contribution >= 4 is 11.9 Å². The summed E-state index contributed by atoms with van der Waals surface area (Å²) in [6, 6.07) is 9.10. The Labute approximate surface area is 130 Å². The van der Waals surface area contributed by atoms with Crippen LogP contribution in [0.1, 0.15) is 25.8 Å². The molecule has 0 spiro atoms. The van der Waals surface area contributed by atoms with E-state index in [-0.39, 0.29) is 18.9 Å². The Bertz CT molecular complexity index is 503. The second kappa shape index (κ2) is 7.91. The van der Waals surface area contributed by atoms with Gasteiger partial charge in [0.05, 0.1) is 6.61 Å². The third-order valence-corrected chi connectivity index (χ3v) is 3.41. The summed E-state index contributed by atoms with van der Waals surface area (Å²) < 4.78 is 10.7. The Hall–Kier alpha value is -1.92. The van der Waals surface area contributed by atoms with E-state index >= 15 is 0 Å². The number of carboxylic acid groups (broad SMARTS) is 1. The first-order valence-electron chi connectivity index (χ1n) is 7.09. The number of amides is 1. The van der Waals surface area contributed by atoms with E-state index in [2.05, 4.69) is 0 Å². The first-order chi connectivity index (χ1) is 10.3. The van der Waals surface area contributed by atoms with E-state index in [0.717, 1.165) is 5.56 Å². The fourth-order valence-corrected chi connectivity index (χ4v) is 2.30. The molecule has 22 heavy (non-hydrogen) atoms. The third-order valence-electron chi connectivity index (χ3n) is 3.41. The molecule has 0 aliphatic carbocycles. The van der Waals surface area contributed by atoms with E-state index in [1.165, 1.54) is 7.11 Å². The summed E-state index contributed by atoms with van der Waals surface area (Å²) in [6.07, 6.45) is 0.209. The number of carbonyl (C=O) groups is 2. The van der Waals surface area contributed by atoms with Crippen LogP contribution in [0, 0.1) is 11.8 Å². The molecule has 1 aromatic carbocycles. The molecule has 122 valence electrons. The van der Waals surface area contributed by atoms with Crippen LogP contribution in [0.15, 0.2) is 30.3 Å². The van der Waals surface area contributed by atoms with Crippen LogP contribution in [0.5, 0.6) is 0 Å². The number of benzene rings is 1. The summed E-state index contributed by atoms with van der Waals surface area (Å²) in [4.78, 5) is 23.5. The van der Waals surface area contributed by atoms with E-state index < -0.39 is 23.6 Å². The number of methoxy groups -OCH3 is 1. The van der Waals surface area contributed by atoms with Crippen molar-refractivity contribution in [1.82, 2.24) is 0 Å². The van der Waals surface area contributed by atoms with E-state index in [1.54, 1.807) is 12.1 Å². The van der Waals surface area contributed by atoms with Crippen molar-refractivity contribution in [2.45, 2.75) is 32.7 Å². The molecule has 0 aliphatic rings. The molecular formula is C16H23NO5. The predicted molar refractivity (Wildman–Crippen MR) is 80.7 cm³/mol. The van der Waals surface area contributed by atoms with Gasteiger partial charge in [0.1, 0.15) is 5.92 Å². The van der Waals surface area contributed by atoms with Gasteiger partial charge in [0.15, 0.2) is 0 Å². The second-order valence-corrected chi connectivity index (χ2v) is 5.53. The first kappa shape index (κ1) is 18.1. The van der Waals surface area contributed by atoms with Crippen LogP contribution in [0.4, 0.5) is 0 Å². The monoisotopic (exact) mass is 309 g/mol. The molecule has 1 rings (SSSR count). The number of carboxylic acids is 1. The molecule has 0 fully saturated rings. The average molecular weight is 309 g/mol. The molecule has 0 saturated carbocycles. The zero-order valence-electron chi connectivity index (χ0n) is 13.1. The van der Waals surface area contributed by atoms with Crippen molar-refractivity contribution in [3.63, 3.8) is 0 Å². The predicted octanol–water partition coefficient (Wildman–Crippen LogP) is 1.78. The first-order valence-corrected chi connectivity index (χ1v) is 7.09. The smallest absolute Gasteiger partial charge is 0.312 e. The summed E-state index contributed by atoms with van der Waals surface area (Å²) in [5.41, 5.74) is 6.20. The minimum Gasteiger partial charge on any atom is -0.481 e. The van der Waals surface area contributed by atoms with Gasteiger partial charge >= 0.3 is 5.97 Å². The van der Waals surface area contributed by atoms with Crippen LogP contribution in [0.25, 0.3) is 0 Å². The number of ether oxygens (including phenoxy) is 2. The maximum absolute atomic E-state index is 11.9. The van der Waals surface area contributed by atoms with Crippen molar-refractivity contribution in [3.8, 4) is 0 Å². The Kier molecular flexibility index (Phi) is 6.52. The zero-order valence-corrected chi connectivity index (χ0v) is 13.1. The molecule has 1 aromatic rings. The van der Waals surface area contributed by atoms with Crippen molar-refractivity contribution in [1.29, 1.82) is 0 Å². The maximum Gasteiger partial charge on any atom is 0.312 e.